The molecule has 1 aromatic carbocycles. The Bertz CT molecular complexity index is 511. The molecule has 0 amide bonds. The summed E-state index contributed by atoms with van der Waals surface area (Å²) in [6.07, 6.45) is 3.39. The van der Waals surface area contributed by atoms with Gasteiger partial charge in [0.15, 0.2) is 0 Å². The molecular weight excluding hydrogens is 212 g/mol. The van der Waals surface area contributed by atoms with Crippen molar-refractivity contribution in [1.82, 2.24) is 5.32 Å². The lowest BCUT2D eigenvalue weighted by atomic mass is 10.1. The molecule has 1 unspecified atom stereocenters. The molecule has 17 heavy (non-hydrogen) atoms. The summed E-state index contributed by atoms with van der Waals surface area (Å²) in [6.45, 7) is 2.84. The zero-order chi connectivity index (χ0) is 12.1. The Morgan fingerprint density at radius 1 is 1.41 bits per heavy atom. The summed E-state index contributed by atoms with van der Waals surface area (Å²) in [6, 6.07) is 11.9. The first kappa shape index (κ1) is 11.4. The molecule has 2 rings (SSSR count). The lowest BCUT2D eigenvalue weighted by molar-refractivity contribution is 0.546. The monoisotopic (exact) mass is 226 g/mol. The third-order valence-electron chi connectivity index (χ3n) is 2.71. The van der Waals surface area contributed by atoms with Crippen LogP contribution < -0.4 is 5.32 Å². The first-order valence-electron chi connectivity index (χ1n) is 5.54. The van der Waals surface area contributed by atoms with Gasteiger partial charge in [0.1, 0.15) is 0 Å². The van der Waals surface area contributed by atoms with Gasteiger partial charge < -0.3 is 9.73 Å². The fourth-order valence-electron chi connectivity index (χ4n) is 1.66. The predicted octanol–water partition coefficient (Wildman–Crippen LogP) is 3.00. The molecule has 0 saturated heterocycles. The van der Waals surface area contributed by atoms with Gasteiger partial charge in [-0.3, -0.25) is 0 Å². The van der Waals surface area contributed by atoms with E-state index in [9.17, 15) is 0 Å². The standard InChI is InChI=1S/C14H14N2O/c1-11(16-9-13-5-6-17-10-13)14-4-2-3-12(7-14)8-15/h2-7,10-11,16H,9H2,1H3. The smallest absolute Gasteiger partial charge is 0.0991 e. The van der Waals surface area contributed by atoms with E-state index in [1.165, 1.54) is 0 Å². The maximum atomic E-state index is 8.84. The molecule has 3 nitrogen and oxygen atoms in total. The molecule has 86 valence electrons. The Morgan fingerprint density at radius 2 is 2.29 bits per heavy atom. The van der Waals surface area contributed by atoms with E-state index < -0.39 is 0 Å². The number of benzene rings is 1. The maximum absolute atomic E-state index is 8.84. The molecule has 0 aliphatic carbocycles. The molecule has 0 fully saturated rings. The minimum absolute atomic E-state index is 0.207. The zero-order valence-corrected chi connectivity index (χ0v) is 9.68. The minimum Gasteiger partial charge on any atom is -0.472 e. The fraction of sp³-hybridized carbons (Fsp3) is 0.214. The lowest BCUT2D eigenvalue weighted by Gasteiger charge is -2.13. The van der Waals surface area contributed by atoms with Gasteiger partial charge in [-0.05, 0) is 30.7 Å². The molecule has 0 aliphatic rings. The quantitative estimate of drug-likeness (QED) is 0.871. The number of nitrogens with zero attached hydrogens (tertiary/aromatic N) is 1. The molecule has 0 spiro atoms. The van der Waals surface area contributed by atoms with E-state index in [-0.39, 0.29) is 6.04 Å². The van der Waals surface area contributed by atoms with E-state index in [4.69, 9.17) is 9.68 Å². The molecule has 1 aromatic heterocycles. The Labute approximate surface area is 101 Å². The zero-order valence-electron chi connectivity index (χ0n) is 9.68. The average molecular weight is 226 g/mol. The van der Waals surface area contributed by atoms with Crippen LogP contribution in [0.1, 0.15) is 29.7 Å². The van der Waals surface area contributed by atoms with Crippen molar-refractivity contribution in [2.45, 2.75) is 19.5 Å². The van der Waals surface area contributed by atoms with E-state index in [1.807, 2.05) is 30.3 Å². The number of nitrogens with one attached hydrogen (secondary N) is 1. The molecule has 1 atom stereocenters. The van der Waals surface area contributed by atoms with Crippen LogP contribution in [-0.2, 0) is 6.54 Å². The van der Waals surface area contributed by atoms with Crippen molar-refractivity contribution >= 4 is 0 Å². The van der Waals surface area contributed by atoms with Crippen LogP contribution in [0.3, 0.4) is 0 Å². The maximum Gasteiger partial charge on any atom is 0.0991 e. The normalized spacial score (nSPS) is 12.0. The van der Waals surface area contributed by atoms with Crippen molar-refractivity contribution in [3.05, 3.63) is 59.5 Å². The average Bonchev–Trinajstić information content (AvgIpc) is 2.89. The number of hydrogen-bond donors (Lipinski definition) is 1. The molecule has 3 heteroatoms. The summed E-state index contributed by atoms with van der Waals surface area (Å²) in [4.78, 5) is 0. The Balaban J connectivity index is 1.99. The van der Waals surface area contributed by atoms with Crippen LogP contribution >= 0.6 is 0 Å². The second-order valence-corrected chi connectivity index (χ2v) is 3.97. The van der Waals surface area contributed by atoms with Crippen molar-refractivity contribution in [2.75, 3.05) is 0 Å². The summed E-state index contributed by atoms with van der Waals surface area (Å²) < 4.78 is 5.01. The molecule has 0 aliphatic heterocycles. The summed E-state index contributed by atoms with van der Waals surface area (Å²) >= 11 is 0. The SMILES string of the molecule is CC(NCc1ccoc1)c1cccc(C#N)c1. The Morgan fingerprint density at radius 3 is 3.00 bits per heavy atom. The molecule has 2 aromatic rings. The van der Waals surface area contributed by atoms with Gasteiger partial charge in [0.2, 0.25) is 0 Å². The van der Waals surface area contributed by atoms with Gasteiger partial charge in [-0.1, -0.05) is 12.1 Å². The predicted molar refractivity (Wildman–Crippen MR) is 65.1 cm³/mol. The third kappa shape index (κ3) is 2.96. The molecule has 0 saturated carbocycles. The van der Waals surface area contributed by atoms with E-state index >= 15 is 0 Å². The minimum atomic E-state index is 0.207. The highest BCUT2D eigenvalue weighted by atomic mass is 16.3. The number of furan rings is 1. The van der Waals surface area contributed by atoms with Crippen LogP contribution in [0.4, 0.5) is 0 Å². The summed E-state index contributed by atoms with van der Waals surface area (Å²) in [5, 5.41) is 12.2. The van der Waals surface area contributed by atoms with Gasteiger partial charge in [0.25, 0.3) is 0 Å². The second kappa shape index (κ2) is 5.33. The first-order valence-corrected chi connectivity index (χ1v) is 5.54. The molecule has 1 heterocycles. The van der Waals surface area contributed by atoms with Crippen LogP contribution in [0.2, 0.25) is 0 Å². The highest BCUT2D eigenvalue weighted by Crippen LogP contribution is 2.14. The number of hydrogen-bond acceptors (Lipinski definition) is 3. The van der Waals surface area contributed by atoms with Gasteiger partial charge in [0, 0.05) is 18.2 Å². The summed E-state index contributed by atoms with van der Waals surface area (Å²) in [7, 11) is 0. The first-order chi connectivity index (χ1) is 8.29. The molecule has 1 N–H and O–H groups in total. The van der Waals surface area contributed by atoms with Crippen molar-refractivity contribution in [3.63, 3.8) is 0 Å². The largest absolute Gasteiger partial charge is 0.472 e. The van der Waals surface area contributed by atoms with Gasteiger partial charge in [0.05, 0.1) is 24.2 Å². The number of nitriles is 1. The van der Waals surface area contributed by atoms with Crippen LogP contribution in [0.25, 0.3) is 0 Å². The van der Waals surface area contributed by atoms with Crippen molar-refractivity contribution in [1.29, 1.82) is 5.26 Å². The Hall–Kier alpha value is -2.05. The third-order valence-corrected chi connectivity index (χ3v) is 2.71. The second-order valence-electron chi connectivity index (χ2n) is 3.97. The van der Waals surface area contributed by atoms with Crippen molar-refractivity contribution < 1.29 is 4.42 Å². The van der Waals surface area contributed by atoms with Gasteiger partial charge in [-0.2, -0.15) is 5.26 Å². The van der Waals surface area contributed by atoms with E-state index in [2.05, 4.69) is 18.3 Å². The highest BCUT2D eigenvalue weighted by Gasteiger charge is 2.05. The summed E-state index contributed by atoms with van der Waals surface area (Å²) in [5.41, 5.74) is 2.93. The van der Waals surface area contributed by atoms with Crippen LogP contribution in [0, 0.1) is 11.3 Å². The van der Waals surface area contributed by atoms with Crippen molar-refractivity contribution in [3.8, 4) is 6.07 Å². The van der Waals surface area contributed by atoms with Crippen molar-refractivity contribution in [2.24, 2.45) is 0 Å². The summed E-state index contributed by atoms with van der Waals surface area (Å²) in [5.74, 6) is 0. The topological polar surface area (TPSA) is 49.0 Å². The Kier molecular flexibility index (Phi) is 3.59. The molecule has 0 bridgehead atoms. The van der Waals surface area contributed by atoms with Gasteiger partial charge in [-0.25, -0.2) is 0 Å². The number of rotatable bonds is 4. The highest BCUT2D eigenvalue weighted by molar-refractivity contribution is 5.34. The van der Waals surface area contributed by atoms with Gasteiger partial charge >= 0.3 is 0 Å². The van der Waals surface area contributed by atoms with E-state index in [0.717, 1.165) is 17.7 Å². The molecule has 0 radical (unpaired) electrons. The van der Waals surface area contributed by atoms with E-state index in [1.54, 1.807) is 12.5 Å². The van der Waals surface area contributed by atoms with E-state index in [0.29, 0.717) is 5.56 Å². The van der Waals surface area contributed by atoms with Gasteiger partial charge in [-0.15, -0.1) is 0 Å². The van der Waals surface area contributed by atoms with Crippen LogP contribution in [0.5, 0.6) is 0 Å². The lowest BCUT2D eigenvalue weighted by Crippen LogP contribution is -2.17. The molecular formula is C14H14N2O. The van der Waals surface area contributed by atoms with Crippen LogP contribution in [-0.4, -0.2) is 0 Å². The van der Waals surface area contributed by atoms with Crippen LogP contribution in [0.15, 0.2) is 47.3 Å². The fourth-order valence-corrected chi connectivity index (χ4v) is 1.66.